The van der Waals surface area contributed by atoms with Crippen molar-refractivity contribution >= 4 is 15.9 Å². The van der Waals surface area contributed by atoms with E-state index >= 15 is 0 Å². The zero-order valence-electron chi connectivity index (χ0n) is 16.4. The number of rotatable bonds is 8. The largest absolute Gasteiger partial charge is 0.372 e. The minimum atomic E-state index is -3.81. The maximum Gasteiger partial charge on any atom is 0.258 e. The summed E-state index contributed by atoms with van der Waals surface area (Å²) in [5, 5.41) is 11.1. The number of amides is 1. The molecule has 156 valence electrons. The van der Waals surface area contributed by atoms with E-state index in [2.05, 4.69) is 16.5 Å². The molecule has 1 fully saturated rings. The number of hydrogen-bond acceptors (Lipinski definition) is 5. The fourth-order valence-corrected chi connectivity index (χ4v) is 4.97. The first-order valence-corrected chi connectivity index (χ1v) is 11.2. The molecule has 8 heteroatoms. The summed E-state index contributed by atoms with van der Waals surface area (Å²) in [4.78, 5) is 14.4. The predicted molar refractivity (Wildman–Crippen MR) is 111 cm³/mol. The molecule has 0 radical (unpaired) electrons. The first-order valence-electron chi connectivity index (χ1n) is 9.71. The molecule has 1 amide bonds. The molecule has 2 aromatic rings. The molecule has 3 rings (SSSR count). The summed E-state index contributed by atoms with van der Waals surface area (Å²) in [6, 6.07) is 14.1. The molecule has 0 bridgehead atoms. The lowest BCUT2D eigenvalue weighted by molar-refractivity contribution is -0.133. The van der Waals surface area contributed by atoms with Crippen LogP contribution >= 0.6 is 0 Å². The van der Waals surface area contributed by atoms with Crippen LogP contribution in [0.4, 0.5) is 0 Å². The summed E-state index contributed by atoms with van der Waals surface area (Å²) < 4.78 is 28.3. The monoisotopic (exact) mass is 417 g/mol. The summed E-state index contributed by atoms with van der Waals surface area (Å²) in [5.74, 6) is -0.976. The van der Waals surface area contributed by atoms with Gasteiger partial charge in [0.15, 0.2) is 5.60 Å². The Kier molecular flexibility index (Phi) is 6.38. The number of benzene rings is 2. The zero-order valence-corrected chi connectivity index (χ0v) is 17.2. The fraction of sp³-hybridized carbons (Fsp3) is 0.381. The number of aliphatic hydroxyl groups is 1. The van der Waals surface area contributed by atoms with Gasteiger partial charge in [-0.3, -0.25) is 9.69 Å². The molecule has 1 aliphatic heterocycles. The molecule has 1 aliphatic rings. The molecule has 7 nitrogen and oxygen atoms in total. The summed E-state index contributed by atoms with van der Waals surface area (Å²) in [6.07, 6.45) is 2.00. The predicted octanol–water partition coefficient (Wildman–Crippen LogP) is 1.17. The second-order valence-electron chi connectivity index (χ2n) is 7.25. The van der Waals surface area contributed by atoms with Gasteiger partial charge >= 0.3 is 0 Å². The first-order chi connectivity index (χ1) is 13.8. The summed E-state index contributed by atoms with van der Waals surface area (Å²) in [7, 11) is -3.81. The van der Waals surface area contributed by atoms with Gasteiger partial charge in [0.25, 0.3) is 5.91 Å². The smallest absolute Gasteiger partial charge is 0.258 e. The van der Waals surface area contributed by atoms with Crippen LogP contribution in [0.15, 0.2) is 59.5 Å². The first kappa shape index (κ1) is 21.4. The van der Waals surface area contributed by atoms with Crippen LogP contribution in [-0.4, -0.2) is 50.0 Å². The van der Waals surface area contributed by atoms with E-state index < -0.39 is 21.5 Å². The van der Waals surface area contributed by atoms with E-state index in [1.54, 1.807) is 30.3 Å². The molecule has 1 saturated heterocycles. The molecule has 2 unspecified atom stereocenters. The van der Waals surface area contributed by atoms with Crippen LogP contribution in [0.2, 0.25) is 0 Å². The van der Waals surface area contributed by atoms with Crippen LogP contribution in [0, 0.1) is 0 Å². The number of carbonyl (C=O) groups excluding carboxylic acids is 1. The Morgan fingerprint density at radius 2 is 1.90 bits per heavy atom. The number of nitrogens with one attached hydrogen (secondary N) is 1. The van der Waals surface area contributed by atoms with Crippen molar-refractivity contribution in [2.75, 3.05) is 19.6 Å². The Hall–Kier alpha value is -2.26. The van der Waals surface area contributed by atoms with Crippen LogP contribution in [-0.2, 0) is 20.4 Å². The summed E-state index contributed by atoms with van der Waals surface area (Å²) in [5.41, 5.74) is 3.76. The number of primary amides is 1. The van der Waals surface area contributed by atoms with Crippen molar-refractivity contribution in [2.45, 2.75) is 36.3 Å². The second kappa shape index (κ2) is 8.62. The van der Waals surface area contributed by atoms with Crippen LogP contribution in [0.1, 0.15) is 30.9 Å². The Balaban J connectivity index is 1.89. The van der Waals surface area contributed by atoms with Gasteiger partial charge in [0.05, 0.1) is 4.90 Å². The van der Waals surface area contributed by atoms with Gasteiger partial charge in [0.2, 0.25) is 10.0 Å². The van der Waals surface area contributed by atoms with Gasteiger partial charge in [-0.05, 0) is 49.2 Å². The molecule has 29 heavy (non-hydrogen) atoms. The second-order valence-corrected chi connectivity index (χ2v) is 9.01. The maximum absolute atomic E-state index is 12.8. The highest BCUT2D eigenvalue weighted by atomic mass is 32.2. The van der Waals surface area contributed by atoms with E-state index in [9.17, 15) is 18.3 Å². The molecular formula is C21H27N3O4S. The molecule has 0 saturated carbocycles. The summed E-state index contributed by atoms with van der Waals surface area (Å²) >= 11 is 0. The third-order valence-corrected chi connectivity index (χ3v) is 6.95. The average molecular weight is 418 g/mol. The standard InChI is InChI=1S/C21H27N3O4S/c1-2-24-13-7-11-18(24)15-23-29(27,28)19-12-6-10-17(14-19)21(26,20(22)25)16-8-4-3-5-9-16/h3-6,8-10,12,14,18,23,26H,2,7,11,13,15H2,1H3,(H2,22,25). The van der Waals surface area contributed by atoms with Crippen molar-refractivity contribution in [2.24, 2.45) is 5.73 Å². The van der Waals surface area contributed by atoms with Crippen LogP contribution in [0.5, 0.6) is 0 Å². The highest BCUT2D eigenvalue weighted by Gasteiger charge is 2.38. The maximum atomic E-state index is 12.8. The number of hydrogen-bond donors (Lipinski definition) is 3. The van der Waals surface area contributed by atoms with Gasteiger partial charge in [0, 0.05) is 12.6 Å². The lowest BCUT2D eigenvalue weighted by atomic mass is 9.86. The Morgan fingerprint density at radius 1 is 1.21 bits per heavy atom. The number of carbonyl (C=O) groups is 1. The van der Waals surface area contributed by atoms with E-state index in [1.807, 2.05) is 0 Å². The lowest BCUT2D eigenvalue weighted by Gasteiger charge is -2.26. The highest BCUT2D eigenvalue weighted by Crippen LogP contribution is 2.30. The minimum absolute atomic E-state index is 0.0216. The normalized spacial score (nSPS) is 19.7. The van der Waals surface area contributed by atoms with Crippen molar-refractivity contribution in [3.05, 3.63) is 65.7 Å². The van der Waals surface area contributed by atoms with Gasteiger partial charge in [-0.15, -0.1) is 0 Å². The van der Waals surface area contributed by atoms with Gasteiger partial charge in [-0.2, -0.15) is 0 Å². The van der Waals surface area contributed by atoms with E-state index in [0.29, 0.717) is 6.54 Å². The van der Waals surface area contributed by atoms with Crippen LogP contribution in [0.3, 0.4) is 0 Å². The van der Waals surface area contributed by atoms with Crippen molar-refractivity contribution in [1.29, 1.82) is 0 Å². The van der Waals surface area contributed by atoms with Crippen LogP contribution < -0.4 is 10.5 Å². The topological polar surface area (TPSA) is 113 Å². The molecule has 1 heterocycles. The van der Waals surface area contributed by atoms with E-state index in [1.165, 1.54) is 24.3 Å². The number of sulfonamides is 1. The van der Waals surface area contributed by atoms with E-state index in [-0.39, 0.29) is 22.1 Å². The molecule has 4 N–H and O–H groups in total. The molecular weight excluding hydrogens is 390 g/mol. The van der Waals surface area contributed by atoms with Gasteiger partial charge in [-0.1, -0.05) is 49.4 Å². The highest BCUT2D eigenvalue weighted by molar-refractivity contribution is 7.89. The van der Waals surface area contributed by atoms with Gasteiger partial charge < -0.3 is 10.8 Å². The zero-order chi connectivity index (χ0) is 21.1. The number of nitrogens with two attached hydrogens (primary N) is 1. The third kappa shape index (κ3) is 4.35. The number of nitrogens with zero attached hydrogens (tertiary/aromatic N) is 1. The van der Waals surface area contributed by atoms with E-state index in [4.69, 9.17) is 5.73 Å². The third-order valence-electron chi connectivity index (χ3n) is 5.52. The average Bonchev–Trinajstić information content (AvgIpc) is 3.20. The quantitative estimate of drug-likeness (QED) is 0.597. The molecule has 0 spiro atoms. The molecule has 0 aliphatic carbocycles. The summed E-state index contributed by atoms with van der Waals surface area (Å²) in [6.45, 7) is 4.23. The minimum Gasteiger partial charge on any atom is -0.372 e. The van der Waals surface area contributed by atoms with Crippen molar-refractivity contribution in [3.63, 3.8) is 0 Å². The molecule has 2 atom stereocenters. The number of likely N-dealkylation sites (tertiary alicyclic amines) is 1. The van der Waals surface area contributed by atoms with E-state index in [0.717, 1.165) is 25.9 Å². The van der Waals surface area contributed by atoms with Gasteiger partial charge in [0.1, 0.15) is 0 Å². The SMILES string of the molecule is CCN1CCCC1CNS(=O)(=O)c1cccc(C(O)(C(N)=O)c2ccccc2)c1. The van der Waals surface area contributed by atoms with Gasteiger partial charge in [-0.25, -0.2) is 13.1 Å². The Labute approximate surface area is 171 Å². The number of likely N-dealkylation sites (N-methyl/N-ethyl adjacent to an activating group) is 1. The van der Waals surface area contributed by atoms with Crippen molar-refractivity contribution in [3.8, 4) is 0 Å². The fourth-order valence-electron chi connectivity index (χ4n) is 3.85. The Bertz CT molecular complexity index is 965. The lowest BCUT2D eigenvalue weighted by Crippen LogP contribution is -2.42. The van der Waals surface area contributed by atoms with Crippen LogP contribution in [0.25, 0.3) is 0 Å². The Morgan fingerprint density at radius 3 is 2.55 bits per heavy atom. The van der Waals surface area contributed by atoms with Crippen molar-refractivity contribution < 1.29 is 18.3 Å². The molecule has 0 aromatic heterocycles. The van der Waals surface area contributed by atoms with Crippen molar-refractivity contribution in [1.82, 2.24) is 9.62 Å². The molecule has 2 aromatic carbocycles.